The molecule has 0 unspecified atom stereocenters. The van der Waals surface area contributed by atoms with Crippen LogP contribution in [0.15, 0.2) is 70.6 Å². The Morgan fingerprint density at radius 3 is 2.36 bits per heavy atom. The minimum absolute atomic E-state index is 0.0365. The smallest absolute Gasteiger partial charge is 0.387 e. The van der Waals surface area contributed by atoms with Crippen LogP contribution in [0.5, 0.6) is 5.75 Å². The maximum absolute atomic E-state index is 14.6. The highest BCUT2D eigenvalue weighted by Crippen LogP contribution is 2.43. The third-order valence-corrected chi connectivity index (χ3v) is 8.06. The molecule has 36 heavy (non-hydrogen) atoms. The van der Waals surface area contributed by atoms with Crippen LogP contribution >= 0.6 is 0 Å². The van der Waals surface area contributed by atoms with Gasteiger partial charge >= 0.3 is 6.61 Å². The summed E-state index contributed by atoms with van der Waals surface area (Å²) >= 11 is 0. The average Bonchev–Trinajstić information content (AvgIpc) is 3.12. The predicted octanol–water partition coefficient (Wildman–Crippen LogP) is 5.10. The predicted molar refractivity (Wildman–Crippen MR) is 125 cm³/mol. The minimum atomic E-state index is -3.83. The lowest BCUT2D eigenvalue weighted by molar-refractivity contribution is -0.0521. The molecule has 1 fully saturated rings. The lowest BCUT2D eigenvalue weighted by Crippen LogP contribution is -2.19. The number of benzene rings is 2. The average molecular weight is 516 g/mol. The van der Waals surface area contributed by atoms with Gasteiger partial charge in [0.25, 0.3) is 5.91 Å². The van der Waals surface area contributed by atoms with Gasteiger partial charge in [-0.25, -0.2) is 12.8 Å². The zero-order valence-electron chi connectivity index (χ0n) is 18.7. The Morgan fingerprint density at radius 1 is 1.08 bits per heavy atom. The van der Waals surface area contributed by atoms with Crippen molar-refractivity contribution in [2.75, 3.05) is 0 Å². The first-order valence-corrected chi connectivity index (χ1v) is 12.6. The fourth-order valence-corrected chi connectivity index (χ4v) is 5.66. The van der Waals surface area contributed by atoms with E-state index in [0.29, 0.717) is 5.52 Å². The fourth-order valence-electron chi connectivity index (χ4n) is 4.44. The molecule has 0 saturated heterocycles. The van der Waals surface area contributed by atoms with E-state index in [1.165, 1.54) is 30.5 Å². The number of halogens is 3. The summed E-state index contributed by atoms with van der Waals surface area (Å²) < 4.78 is 72.3. The van der Waals surface area contributed by atoms with Gasteiger partial charge in [-0.2, -0.15) is 8.78 Å². The molecule has 4 aromatic rings. The summed E-state index contributed by atoms with van der Waals surface area (Å²) in [5, 5.41) is 0.131. The largest absolute Gasteiger partial charge is 0.432 e. The molecule has 2 aromatic heterocycles. The Labute approximate surface area is 204 Å². The number of pyridine rings is 1. The molecule has 0 atom stereocenters. The lowest BCUT2D eigenvalue weighted by atomic mass is 9.92. The first kappa shape index (κ1) is 23.9. The quantitative estimate of drug-likeness (QED) is 0.369. The number of amides is 1. The van der Waals surface area contributed by atoms with Crippen molar-refractivity contribution in [2.45, 2.75) is 41.7 Å². The number of nitrogens with zero attached hydrogens (tertiary/aromatic N) is 2. The second kappa shape index (κ2) is 8.98. The van der Waals surface area contributed by atoms with Crippen molar-refractivity contribution in [3.63, 3.8) is 0 Å². The SMILES string of the molecule is NC(=O)c1c(-c2ccc(S(=O)(=O)c3ccccc3)cn2)n(C2CCC2)c2cc(OC(F)F)c(F)cc12. The number of alkyl halides is 2. The van der Waals surface area contributed by atoms with E-state index in [1.807, 2.05) is 0 Å². The van der Waals surface area contributed by atoms with Gasteiger partial charge in [-0.3, -0.25) is 9.78 Å². The number of nitrogens with two attached hydrogens (primary N) is 1. The van der Waals surface area contributed by atoms with Gasteiger partial charge < -0.3 is 15.0 Å². The van der Waals surface area contributed by atoms with E-state index >= 15 is 0 Å². The van der Waals surface area contributed by atoms with Gasteiger partial charge in [0.1, 0.15) is 0 Å². The second-order valence-corrected chi connectivity index (χ2v) is 10.4. The van der Waals surface area contributed by atoms with Gasteiger partial charge in [-0.1, -0.05) is 18.2 Å². The summed E-state index contributed by atoms with van der Waals surface area (Å²) in [5.74, 6) is -2.59. The number of primary amides is 1. The molecular formula is C25H20F3N3O4S. The van der Waals surface area contributed by atoms with Gasteiger partial charge in [-0.05, 0) is 49.6 Å². The number of rotatable bonds is 7. The third-order valence-electron chi connectivity index (χ3n) is 6.30. The van der Waals surface area contributed by atoms with E-state index in [-0.39, 0.29) is 38.2 Å². The van der Waals surface area contributed by atoms with E-state index in [9.17, 15) is 26.4 Å². The molecule has 11 heteroatoms. The van der Waals surface area contributed by atoms with Crippen molar-refractivity contribution >= 4 is 26.6 Å². The molecule has 0 spiro atoms. The molecule has 1 saturated carbocycles. The fraction of sp³-hybridized carbons (Fsp3) is 0.200. The molecule has 186 valence electrons. The van der Waals surface area contributed by atoms with Crippen molar-refractivity contribution < 1.29 is 31.1 Å². The minimum Gasteiger partial charge on any atom is -0.432 e. The summed E-state index contributed by atoms with van der Waals surface area (Å²) in [4.78, 5) is 16.9. The van der Waals surface area contributed by atoms with E-state index in [2.05, 4.69) is 9.72 Å². The van der Waals surface area contributed by atoms with Crippen LogP contribution in [-0.2, 0) is 9.84 Å². The van der Waals surface area contributed by atoms with Crippen LogP contribution in [-0.4, -0.2) is 30.5 Å². The Kier molecular flexibility index (Phi) is 5.95. The molecular weight excluding hydrogens is 495 g/mol. The topological polar surface area (TPSA) is 104 Å². The molecule has 2 N–H and O–H groups in total. The second-order valence-electron chi connectivity index (χ2n) is 8.42. The standard InChI is InChI=1S/C25H20F3N3O4S/c26-18-11-17-20(12-21(18)35-25(27)28)31(14-5-4-6-14)23(22(17)24(29)32)19-10-9-16(13-30-19)36(33,34)15-7-2-1-3-8-15/h1-3,7-14,25H,4-6H2,(H2,29,32). The monoisotopic (exact) mass is 515 g/mol. The molecule has 1 aliphatic carbocycles. The molecule has 0 radical (unpaired) electrons. The van der Waals surface area contributed by atoms with Crippen LogP contribution < -0.4 is 10.5 Å². The number of hydrogen-bond acceptors (Lipinski definition) is 5. The molecule has 5 rings (SSSR count). The van der Waals surface area contributed by atoms with Crippen molar-refractivity contribution in [3.05, 3.63) is 72.2 Å². The molecule has 0 bridgehead atoms. The first-order chi connectivity index (χ1) is 17.2. The Hall–Kier alpha value is -3.86. The number of carbonyl (C=O) groups is 1. The van der Waals surface area contributed by atoms with E-state index < -0.39 is 33.9 Å². The van der Waals surface area contributed by atoms with Crippen molar-refractivity contribution in [1.82, 2.24) is 9.55 Å². The maximum Gasteiger partial charge on any atom is 0.387 e. The van der Waals surface area contributed by atoms with Crippen LogP contribution in [0.4, 0.5) is 13.2 Å². The van der Waals surface area contributed by atoms with Gasteiger partial charge in [-0.15, -0.1) is 0 Å². The highest BCUT2D eigenvalue weighted by Gasteiger charge is 2.31. The first-order valence-electron chi connectivity index (χ1n) is 11.1. The van der Waals surface area contributed by atoms with E-state index in [1.54, 1.807) is 22.8 Å². The molecule has 7 nitrogen and oxygen atoms in total. The van der Waals surface area contributed by atoms with Crippen LogP contribution in [0, 0.1) is 5.82 Å². The summed E-state index contributed by atoms with van der Waals surface area (Å²) in [7, 11) is -3.83. The number of fused-ring (bicyclic) bond motifs is 1. The van der Waals surface area contributed by atoms with Gasteiger partial charge in [0.15, 0.2) is 11.6 Å². The van der Waals surface area contributed by atoms with Gasteiger partial charge in [0.2, 0.25) is 9.84 Å². The third kappa shape index (κ3) is 3.98. The summed E-state index contributed by atoms with van der Waals surface area (Å²) in [6, 6.07) is 12.6. The number of aromatic nitrogens is 2. The summed E-state index contributed by atoms with van der Waals surface area (Å²) in [6.07, 6.45) is 3.55. The lowest BCUT2D eigenvalue weighted by Gasteiger charge is -2.30. The zero-order chi connectivity index (χ0) is 25.6. The Balaban J connectivity index is 1.71. The number of carbonyl (C=O) groups excluding carboxylic acids is 1. The molecule has 2 heterocycles. The van der Waals surface area contributed by atoms with Crippen molar-refractivity contribution in [3.8, 4) is 17.1 Å². The van der Waals surface area contributed by atoms with E-state index in [4.69, 9.17) is 5.73 Å². The Morgan fingerprint density at radius 2 is 1.81 bits per heavy atom. The molecule has 1 aliphatic rings. The van der Waals surface area contributed by atoms with Crippen LogP contribution in [0.2, 0.25) is 0 Å². The molecule has 2 aromatic carbocycles. The normalized spacial score (nSPS) is 14.2. The van der Waals surface area contributed by atoms with Crippen LogP contribution in [0.25, 0.3) is 22.3 Å². The molecule has 1 amide bonds. The van der Waals surface area contributed by atoms with E-state index in [0.717, 1.165) is 31.4 Å². The van der Waals surface area contributed by atoms with Crippen LogP contribution in [0.1, 0.15) is 35.7 Å². The van der Waals surface area contributed by atoms with Gasteiger partial charge in [0.05, 0.1) is 32.3 Å². The van der Waals surface area contributed by atoms with Crippen molar-refractivity contribution in [1.29, 1.82) is 0 Å². The zero-order valence-corrected chi connectivity index (χ0v) is 19.5. The Bertz CT molecular complexity index is 1570. The van der Waals surface area contributed by atoms with Crippen LogP contribution in [0.3, 0.4) is 0 Å². The molecule has 0 aliphatic heterocycles. The number of hydrogen-bond donors (Lipinski definition) is 1. The summed E-state index contributed by atoms with van der Waals surface area (Å²) in [6.45, 7) is -3.24. The number of sulfone groups is 1. The van der Waals surface area contributed by atoms with Gasteiger partial charge in [0, 0.05) is 23.7 Å². The van der Waals surface area contributed by atoms with Crippen molar-refractivity contribution in [2.24, 2.45) is 5.73 Å². The summed E-state index contributed by atoms with van der Waals surface area (Å²) in [5.41, 5.74) is 6.44. The maximum atomic E-state index is 14.6. The highest BCUT2D eigenvalue weighted by atomic mass is 32.2. The highest BCUT2D eigenvalue weighted by molar-refractivity contribution is 7.91. The number of ether oxygens (including phenoxy) is 1.